The van der Waals surface area contributed by atoms with Gasteiger partial charge in [-0.3, -0.25) is 0 Å². The minimum atomic E-state index is -0.1000. The second kappa shape index (κ2) is 13.0. The van der Waals surface area contributed by atoms with Crippen LogP contribution in [0.1, 0.15) is 25.0 Å². The molecule has 0 amide bonds. The summed E-state index contributed by atoms with van der Waals surface area (Å²) < 4.78 is 6.37. The van der Waals surface area contributed by atoms with Crippen molar-refractivity contribution in [3.05, 3.63) is 211 Å². The van der Waals surface area contributed by atoms with E-state index in [1.54, 1.807) is 0 Å². The molecule has 0 fully saturated rings. The first-order chi connectivity index (χ1) is 28.0. The standard InChI is InChI=1S/C55H39NO/c1-55(2)49-21-8-5-15-44(49)47-20-11-18-43(54(47)55)38-29-33-42(34-30-38)56(41-31-27-37(28-32-41)40-26-25-36-13-3-4-14-39(36)35-40)50-22-9-6-16-45(50)46-19-12-24-52-53(46)48-17-7-10-23-51(48)57-52/h3-35H,1-2H3. The van der Waals surface area contributed by atoms with Gasteiger partial charge in [-0.1, -0.05) is 166 Å². The summed E-state index contributed by atoms with van der Waals surface area (Å²) in [6, 6.07) is 72.6. The van der Waals surface area contributed by atoms with E-state index in [2.05, 4.69) is 213 Å². The van der Waals surface area contributed by atoms with Gasteiger partial charge in [0.2, 0.25) is 0 Å². The van der Waals surface area contributed by atoms with E-state index in [4.69, 9.17) is 4.42 Å². The molecule has 1 aliphatic carbocycles. The van der Waals surface area contributed by atoms with E-state index < -0.39 is 0 Å². The molecule has 0 bridgehead atoms. The van der Waals surface area contributed by atoms with E-state index in [-0.39, 0.29) is 5.41 Å². The Morgan fingerprint density at radius 2 is 0.982 bits per heavy atom. The fraction of sp³-hybridized carbons (Fsp3) is 0.0545. The van der Waals surface area contributed by atoms with Crippen molar-refractivity contribution in [1.82, 2.24) is 0 Å². The molecular formula is C55H39NO. The Morgan fingerprint density at radius 3 is 1.81 bits per heavy atom. The van der Waals surface area contributed by atoms with E-state index in [0.717, 1.165) is 50.1 Å². The van der Waals surface area contributed by atoms with Gasteiger partial charge in [0, 0.05) is 33.1 Å². The number of furan rings is 1. The summed E-state index contributed by atoms with van der Waals surface area (Å²) in [4.78, 5) is 2.40. The van der Waals surface area contributed by atoms with Crippen LogP contribution in [0, 0.1) is 0 Å². The van der Waals surface area contributed by atoms with E-state index >= 15 is 0 Å². The maximum Gasteiger partial charge on any atom is 0.136 e. The van der Waals surface area contributed by atoms with Gasteiger partial charge in [0.1, 0.15) is 11.2 Å². The summed E-state index contributed by atoms with van der Waals surface area (Å²) in [5, 5.41) is 4.74. The van der Waals surface area contributed by atoms with Gasteiger partial charge in [-0.15, -0.1) is 0 Å². The smallest absolute Gasteiger partial charge is 0.136 e. The molecule has 2 heteroatoms. The fourth-order valence-corrected chi connectivity index (χ4v) is 9.37. The van der Waals surface area contributed by atoms with Crippen LogP contribution in [-0.4, -0.2) is 0 Å². The van der Waals surface area contributed by atoms with Gasteiger partial charge in [-0.2, -0.15) is 0 Å². The number of para-hydroxylation sites is 2. The van der Waals surface area contributed by atoms with Crippen LogP contribution >= 0.6 is 0 Å². The molecule has 0 unspecified atom stereocenters. The quantitative estimate of drug-likeness (QED) is 0.169. The van der Waals surface area contributed by atoms with E-state index in [0.29, 0.717) is 0 Å². The molecule has 1 aliphatic rings. The Labute approximate surface area is 332 Å². The van der Waals surface area contributed by atoms with Crippen molar-refractivity contribution in [1.29, 1.82) is 0 Å². The molecule has 11 rings (SSSR count). The third kappa shape index (κ3) is 5.33. The second-order valence-corrected chi connectivity index (χ2v) is 15.7. The molecule has 0 spiro atoms. The Morgan fingerprint density at radius 1 is 0.404 bits per heavy atom. The zero-order chi connectivity index (χ0) is 38.1. The number of anilines is 3. The van der Waals surface area contributed by atoms with E-state index in [9.17, 15) is 0 Å². The van der Waals surface area contributed by atoms with Crippen LogP contribution in [0.15, 0.2) is 205 Å². The number of fused-ring (bicyclic) bond motifs is 7. The first-order valence-corrected chi connectivity index (χ1v) is 19.8. The topological polar surface area (TPSA) is 16.4 Å². The highest BCUT2D eigenvalue weighted by Gasteiger charge is 2.37. The monoisotopic (exact) mass is 729 g/mol. The molecule has 0 N–H and O–H groups in total. The lowest BCUT2D eigenvalue weighted by molar-refractivity contribution is 0.662. The fourth-order valence-electron chi connectivity index (χ4n) is 9.37. The molecule has 1 aromatic heterocycles. The highest BCUT2D eigenvalue weighted by molar-refractivity contribution is 6.14. The average Bonchev–Trinajstić information content (AvgIpc) is 3.76. The van der Waals surface area contributed by atoms with Crippen LogP contribution < -0.4 is 4.90 Å². The van der Waals surface area contributed by atoms with Gasteiger partial charge in [0.05, 0.1) is 5.69 Å². The van der Waals surface area contributed by atoms with E-state index in [1.165, 1.54) is 55.3 Å². The van der Waals surface area contributed by atoms with Gasteiger partial charge >= 0.3 is 0 Å². The lowest BCUT2D eigenvalue weighted by Crippen LogP contribution is -2.16. The van der Waals surface area contributed by atoms with Crippen molar-refractivity contribution in [3.63, 3.8) is 0 Å². The molecule has 0 saturated heterocycles. The SMILES string of the molecule is CC1(C)c2ccccc2-c2cccc(-c3ccc(N(c4ccc(-c5ccc6ccccc6c5)cc4)c4ccccc4-c4cccc5oc6ccccc6c45)cc3)c21. The van der Waals surface area contributed by atoms with Gasteiger partial charge in [-0.25, -0.2) is 0 Å². The van der Waals surface area contributed by atoms with Crippen LogP contribution in [0.4, 0.5) is 17.1 Å². The first kappa shape index (κ1) is 33.2. The zero-order valence-corrected chi connectivity index (χ0v) is 31.9. The minimum absolute atomic E-state index is 0.1000. The molecule has 0 saturated carbocycles. The summed E-state index contributed by atoms with van der Waals surface area (Å²) in [7, 11) is 0. The minimum Gasteiger partial charge on any atom is -0.456 e. The van der Waals surface area contributed by atoms with Gasteiger partial charge in [-0.05, 0) is 109 Å². The summed E-state index contributed by atoms with van der Waals surface area (Å²) >= 11 is 0. The van der Waals surface area contributed by atoms with Crippen LogP contribution in [0.25, 0.3) is 77.2 Å². The third-order valence-electron chi connectivity index (χ3n) is 12.1. The highest BCUT2D eigenvalue weighted by Crippen LogP contribution is 2.52. The van der Waals surface area contributed by atoms with Crippen LogP contribution in [0.2, 0.25) is 0 Å². The molecule has 2 nitrogen and oxygen atoms in total. The summed E-state index contributed by atoms with van der Waals surface area (Å²) in [5.41, 5.74) is 17.6. The van der Waals surface area contributed by atoms with Crippen molar-refractivity contribution in [2.24, 2.45) is 0 Å². The van der Waals surface area contributed by atoms with Gasteiger partial charge in [0.15, 0.2) is 0 Å². The molecule has 0 aliphatic heterocycles. The molecule has 270 valence electrons. The third-order valence-corrected chi connectivity index (χ3v) is 12.1. The van der Waals surface area contributed by atoms with Crippen molar-refractivity contribution in [3.8, 4) is 44.5 Å². The lowest BCUT2D eigenvalue weighted by atomic mass is 9.79. The molecule has 1 heterocycles. The predicted molar refractivity (Wildman–Crippen MR) is 240 cm³/mol. The van der Waals surface area contributed by atoms with Gasteiger partial charge < -0.3 is 9.32 Å². The van der Waals surface area contributed by atoms with E-state index in [1.807, 2.05) is 6.07 Å². The van der Waals surface area contributed by atoms with Gasteiger partial charge in [0.25, 0.3) is 0 Å². The highest BCUT2D eigenvalue weighted by atomic mass is 16.3. The Balaban J connectivity index is 1.06. The number of benzene rings is 9. The lowest BCUT2D eigenvalue weighted by Gasteiger charge is -2.29. The van der Waals surface area contributed by atoms with Crippen molar-refractivity contribution in [2.75, 3.05) is 4.90 Å². The molecular weight excluding hydrogens is 691 g/mol. The Hall–Kier alpha value is -7.16. The molecule has 57 heavy (non-hydrogen) atoms. The second-order valence-electron chi connectivity index (χ2n) is 15.7. The number of hydrogen-bond acceptors (Lipinski definition) is 2. The molecule has 10 aromatic rings. The molecule has 9 aromatic carbocycles. The molecule has 0 atom stereocenters. The maximum atomic E-state index is 6.37. The number of nitrogens with zero attached hydrogens (tertiary/aromatic N) is 1. The Kier molecular flexibility index (Phi) is 7.55. The van der Waals surface area contributed by atoms with Crippen LogP contribution in [-0.2, 0) is 5.41 Å². The molecule has 0 radical (unpaired) electrons. The van der Waals surface area contributed by atoms with Crippen LogP contribution in [0.5, 0.6) is 0 Å². The van der Waals surface area contributed by atoms with Crippen molar-refractivity contribution in [2.45, 2.75) is 19.3 Å². The normalized spacial score (nSPS) is 12.9. The predicted octanol–water partition coefficient (Wildman–Crippen LogP) is 15.5. The summed E-state index contributed by atoms with van der Waals surface area (Å²) in [6.45, 7) is 4.72. The Bertz CT molecular complexity index is 3150. The number of rotatable bonds is 6. The van der Waals surface area contributed by atoms with Crippen molar-refractivity contribution >= 4 is 49.8 Å². The number of hydrogen-bond donors (Lipinski definition) is 0. The van der Waals surface area contributed by atoms with Crippen molar-refractivity contribution < 1.29 is 4.42 Å². The largest absolute Gasteiger partial charge is 0.456 e. The summed E-state index contributed by atoms with van der Waals surface area (Å²) in [5.74, 6) is 0. The average molecular weight is 730 g/mol. The van der Waals surface area contributed by atoms with Crippen LogP contribution in [0.3, 0.4) is 0 Å². The summed E-state index contributed by atoms with van der Waals surface area (Å²) in [6.07, 6.45) is 0. The first-order valence-electron chi connectivity index (χ1n) is 19.8. The zero-order valence-electron chi connectivity index (χ0n) is 31.9. The maximum absolute atomic E-state index is 6.37.